The molecular weight excluding hydrogens is 258 g/mol. The highest BCUT2D eigenvalue weighted by atomic mass is 16.5. The predicted molar refractivity (Wildman–Crippen MR) is 78.3 cm³/mol. The molecule has 1 aromatic carbocycles. The zero-order chi connectivity index (χ0) is 14.5. The fourth-order valence-corrected chi connectivity index (χ4v) is 2.29. The van der Waals surface area contributed by atoms with Crippen LogP contribution in [0.15, 0.2) is 18.2 Å². The van der Waals surface area contributed by atoms with Gasteiger partial charge in [-0.1, -0.05) is 0 Å². The quantitative estimate of drug-likeness (QED) is 0.774. The van der Waals surface area contributed by atoms with E-state index in [2.05, 4.69) is 4.90 Å². The number of carbonyl (C=O) groups is 1. The van der Waals surface area contributed by atoms with E-state index >= 15 is 0 Å². The Labute approximate surface area is 118 Å². The minimum Gasteiger partial charge on any atom is -0.478 e. The number of nitrogens with zero attached hydrogens (tertiary/aromatic N) is 2. The van der Waals surface area contributed by atoms with Gasteiger partial charge in [0, 0.05) is 38.9 Å². The van der Waals surface area contributed by atoms with E-state index < -0.39 is 5.97 Å². The summed E-state index contributed by atoms with van der Waals surface area (Å²) in [6, 6.07) is 4.99. The number of carboxylic acids is 1. The standard InChI is InChI=1S/C14H21N3O3/c1-16(4-5-17-6-8-20-9-7-17)13-3-2-11(15)10-12(13)14(18)19/h2-3,10H,4-9,15H2,1H3,(H,18,19). The molecule has 1 aliphatic heterocycles. The molecule has 0 bridgehead atoms. The molecule has 2 rings (SSSR count). The maximum atomic E-state index is 11.3. The number of ether oxygens (including phenoxy) is 1. The maximum absolute atomic E-state index is 11.3. The van der Waals surface area contributed by atoms with Crippen molar-refractivity contribution in [2.45, 2.75) is 0 Å². The first kappa shape index (κ1) is 14.6. The van der Waals surface area contributed by atoms with E-state index in [0.29, 0.717) is 11.4 Å². The third-order valence-electron chi connectivity index (χ3n) is 3.52. The molecule has 0 aromatic heterocycles. The summed E-state index contributed by atoms with van der Waals surface area (Å²) >= 11 is 0. The van der Waals surface area contributed by atoms with Gasteiger partial charge >= 0.3 is 5.97 Å². The van der Waals surface area contributed by atoms with Crippen molar-refractivity contribution >= 4 is 17.3 Å². The summed E-state index contributed by atoms with van der Waals surface area (Å²) in [7, 11) is 1.90. The monoisotopic (exact) mass is 279 g/mol. The van der Waals surface area contributed by atoms with Crippen molar-refractivity contribution < 1.29 is 14.6 Å². The molecule has 1 fully saturated rings. The van der Waals surface area contributed by atoms with Crippen LogP contribution in [0.1, 0.15) is 10.4 Å². The zero-order valence-electron chi connectivity index (χ0n) is 11.7. The van der Waals surface area contributed by atoms with Gasteiger partial charge < -0.3 is 20.5 Å². The average molecular weight is 279 g/mol. The number of benzene rings is 1. The number of aromatic carboxylic acids is 1. The highest BCUT2D eigenvalue weighted by Gasteiger charge is 2.15. The van der Waals surface area contributed by atoms with Gasteiger partial charge in [-0.2, -0.15) is 0 Å². The Kier molecular flexibility index (Phi) is 4.81. The van der Waals surface area contributed by atoms with Gasteiger partial charge in [0.2, 0.25) is 0 Å². The number of anilines is 2. The van der Waals surface area contributed by atoms with Gasteiger partial charge in [0.25, 0.3) is 0 Å². The van der Waals surface area contributed by atoms with E-state index in [1.165, 1.54) is 6.07 Å². The fraction of sp³-hybridized carbons (Fsp3) is 0.500. The number of hydrogen-bond donors (Lipinski definition) is 2. The molecule has 0 spiro atoms. The minimum atomic E-state index is -0.953. The third-order valence-corrected chi connectivity index (χ3v) is 3.52. The molecular formula is C14H21N3O3. The Morgan fingerprint density at radius 2 is 2.15 bits per heavy atom. The van der Waals surface area contributed by atoms with E-state index in [0.717, 1.165) is 39.4 Å². The fourth-order valence-electron chi connectivity index (χ4n) is 2.29. The number of hydrogen-bond acceptors (Lipinski definition) is 5. The first-order valence-electron chi connectivity index (χ1n) is 6.72. The lowest BCUT2D eigenvalue weighted by Crippen LogP contribution is -2.40. The summed E-state index contributed by atoms with van der Waals surface area (Å²) < 4.78 is 5.31. The van der Waals surface area contributed by atoms with E-state index in [9.17, 15) is 9.90 Å². The average Bonchev–Trinajstić information content (AvgIpc) is 2.45. The van der Waals surface area contributed by atoms with Gasteiger partial charge in [0.05, 0.1) is 24.5 Å². The number of rotatable bonds is 5. The van der Waals surface area contributed by atoms with Crippen LogP contribution in [-0.4, -0.2) is 62.4 Å². The molecule has 20 heavy (non-hydrogen) atoms. The van der Waals surface area contributed by atoms with Crippen LogP contribution in [0.25, 0.3) is 0 Å². The highest BCUT2D eigenvalue weighted by molar-refractivity contribution is 5.95. The molecule has 0 unspecified atom stereocenters. The van der Waals surface area contributed by atoms with Crippen LogP contribution in [0, 0.1) is 0 Å². The summed E-state index contributed by atoms with van der Waals surface area (Å²) in [4.78, 5) is 15.5. The minimum absolute atomic E-state index is 0.245. The van der Waals surface area contributed by atoms with Crippen LogP contribution in [0.5, 0.6) is 0 Å². The van der Waals surface area contributed by atoms with Gasteiger partial charge in [-0.3, -0.25) is 4.90 Å². The summed E-state index contributed by atoms with van der Waals surface area (Å²) in [5.74, 6) is -0.953. The molecule has 0 radical (unpaired) electrons. The SMILES string of the molecule is CN(CCN1CCOCC1)c1ccc(N)cc1C(=O)O. The van der Waals surface area contributed by atoms with Crippen molar-refractivity contribution in [3.63, 3.8) is 0 Å². The van der Waals surface area contributed by atoms with Gasteiger partial charge in [-0.05, 0) is 18.2 Å². The maximum Gasteiger partial charge on any atom is 0.337 e. The summed E-state index contributed by atoms with van der Waals surface area (Å²) in [6.45, 7) is 5.06. The van der Waals surface area contributed by atoms with Crippen LogP contribution in [0.2, 0.25) is 0 Å². The first-order chi connectivity index (χ1) is 9.58. The Balaban J connectivity index is 2.01. The predicted octanol–water partition coefficient (Wildman–Crippen LogP) is 0.735. The molecule has 110 valence electrons. The highest BCUT2D eigenvalue weighted by Crippen LogP contribution is 2.22. The molecule has 0 saturated carbocycles. The topological polar surface area (TPSA) is 79.0 Å². The van der Waals surface area contributed by atoms with Crippen molar-refractivity contribution in [2.24, 2.45) is 0 Å². The van der Waals surface area contributed by atoms with Crippen LogP contribution in [0.4, 0.5) is 11.4 Å². The normalized spacial score (nSPS) is 16.1. The van der Waals surface area contributed by atoms with Crippen LogP contribution in [-0.2, 0) is 4.74 Å². The Bertz CT molecular complexity index is 473. The first-order valence-corrected chi connectivity index (χ1v) is 6.72. The Morgan fingerprint density at radius 1 is 1.45 bits per heavy atom. The number of likely N-dealkylation sites (N-methyl/N-ethyl adjacent to an activating group) is 1. The van der Waals surface area contributed by atoms with Crippen LogP contribution >= 0.6 is 0 Å². The number of nitrogen functional groups attached to an aromatic ring is 1. The number of morpholine rings is 1. The molecule has 1 saturated heterocycles. The second-order valence-electron chi connectivity index (χ2n) is 4.96. The Morgan fingerprint density at radius 3 is 2.80 bits per heavy atom. The molecule has 3 N–H and O–H groups in total. The van der Waals surface area contributed by atoms with Gasteiger partial charge in [0.1, 0.15) is 0 Å². The lowest BCUT2D eigenvalue weighted by molar-refractivity contribution is 0.0393. The van der Waals surface area contributed by atoms with Crippen molar-refractivity contribution in [2.75, 3.05) is 57.1 Å². The van der Waals surface area contributed by atoms with E-state index in [1.54, 1.807) is 12.1 Å². The largest absolute Gasteiger partial charge is 0.478 e. The van der Waals surface area contributed by atoms with Crippen molar-refractivity contribution in [3.05, 3.63) is 23.8 Å². The molecule has 0 aliphatic carbocycles. The van der Waals surface area contributed by atoms with Crippen molar-refractivity contribution in [3.8, 4) is 0 Å². The molecule has 1 heterocycles. The van der Waals surface area contributed by atoms with E-state index in [-0.39, 0.29) is 5.56 Å². The molecule has 1 aromatic rings. The second-order valence-corrected chi connectivity index (χ2v) is 4.96. The molecule has 1 aliphatic rings. The van der Waals surface area contributed by atoms with Crippen molar-refractivity contribution in [1.82, 2.24) is 4.90 Å². The zero-order valence-corrected chi connectivity index (χ0v) is 11.7. The van der Waals surface area contributed by atoms with E-state index in [1.807, 2.05) is 11.9 Å². The van der Waals surface area contributed by atoms with Crippen LogP contribution < -0.4 is 10.6 Å². The van der Waals surface area contributed by atoms with Gasteiger partial charge in [-0.15, -0.1) is 0 Å². The molecule has 6 heteroatoms. The summed E-state index contributed by atoms with van der Waals surface area (Å²) in [5.41, 5.74) is 7.06. The Hall–Kier alpha value is -1.79. The number of carboxylic acid groups (broad SMARTS) is 1. The van der Waals surface area contributed by atoms with Gasteiger partial charge in [0.15, 0.2) is 0 Å². The van der Waals surface area contributed by atoms with E-state index in [4.69, 9.17) is 10.5 Å². The number of nitrogens with two attached hydrogens (primary N) is 1. The smallest absolute Gasteiger partial charge is 0.337 e. The third kappa shape index (κ3) is 3.61. The van der Waals surface area contributed by atoms with Crippen LogP contribution in [0.3, 0.4) is 0 Å². The molecule has 0 amide bonds. The lowest BCUT2D eigenvalue weighted by Gasteiger charge is -2.29. The second kappa shape index (κ2) is 6.58. The molecule has 6 nitrogen and oxygen atoms in total. The van der Waals surface area contributed by atoms with Gasteiger partial charge in [-0.25, -0.2) is 4.79 Å². The summed E-state index contributed by atoms with van der Waals surface area (Å²) in [5, 5.41) is 9.25. The van der Waals surface area contributed by atoms with Crippen molar-refractivity contribution in [1.29, 1.82) is 0 Å². The lowest BCUT2D eigenvalue weighted by atomic mass is 10.1. The molecule has 0 atom stereocenters. The summed E-state index contributed by atoms with van der Waals surface area (Å²) in [6.07, 6.45) is 0.